The molecule has 7 nitrogen and oxygen atoms in total. The number of aromatic nitrogens is 3. The number of para-hydroxylation sites is 1. The number of benzene rings is 1. The SMILES string of the molecule is CCCOc1ccccc1C(=O)N1CCc2c(nc(-c3cccnc3)[nH]c2=O)C1. The third kappa shape index (κ3) is 3.89. The molecule has 0 bridgehead atoms. The maximum absolute atomic E-state index is 13.2. The molecule has 4 rings (SSSR count). The van der Waals surface area contributed by atoms with Crippen LogP contribution in [0, 0.1) is 0 Å². The number of hydrogen-bond donors (Lipinski definition) is 1. The second-order valence-corrected chi connectivity index (χ2v) is 6.90. The van der Waals surface area contributed by atoms with E-state index in [0.717, 1.165) is 12.0 Å². The van der Waals surface area contributed by atoms with Crippen molar-refractivity contribution in [2.45, 2.75) is 26.3 Å². The molecular weight excluding hydrogens is 368 g/mol. The largest absolute Gasteiger partial charge is 0.493 e. The van der Waals surface area contributed by atoms with E-state index in [-0.39, 0.29) is 18.0 Å². The lowest BCUT2D eigenvalue weighted by molar-refractivity contribution is 0.0727. The summed E-state index contributed by atoms with van der Waals surface area (Å²) in [4.78, 5) is 38.9. The maximum atomic E-state index is 13.2. The second-order valence-electron chi connectivity index (χ2n) is 6.90. The molecule has 7 heteroatoms. The van der Waals surface area contributed by atoms with E-state index >= 15 is 0 Å². The Morgan fingerprint density at radius 1 is 1.24 bits per heavy atom. The van der Waals surface area contributed by atoms with Gasteiger partial charge in [-0.25, -0.2) is 4.98 Å². The molecule has 1 aliphatic heterocycles. The molecule has 0 radical (unpaired) electrons. The van der Waals surface area contributed by atoms with Crippen LogP contribution < -0.4 is 10.3 Å². The number of aromatic amines is 1. The molecule has 0 saturated heterocycles. The lowest BCUT2D eigenvalue weighted by Gasteiger charge is -2.28. The van der Waals surface area contributed by atoms with Crippen molar-refractivity contribution in [3.8, 4) is 17.1 Å². The molecule has 0 saturated carbocycles. The van der Waals surface area contributed by atoms with Crippen molar-refractivity contribution >= 4 is 5.91 Å². The molecule has 29 heavy (non-hydrogen) atoms. The van der Waals surface area contributed by atoms with Gasteiger partial charge in [0.25, 0.3) is 11.5 Å². The number of nitrogens with one attached hydrogen (secondary N) is 1. The number of carbonyl (C=O) groups excluding carboxylic acids is 1. The summed E-state index contributed by atoms with van der Waals surface area (Å²) in [7, 11) is 0. The maximum Gasteiger partial charge on any atom is 0.257 e. The van der Waals surface area contributed by atoms with Crippen LogP contribution in [-0.4, -0.2) is 38.9 Å². The summed E-state index contributed by atoms with van der Waals surface area (Å²) in [5.74, 6) is 0.926. The van der Waals surface area contributed by atoms with Crippen molar-refractivity contribution in [2.75, 3.05) is 13.2 Å². The summed E-state index contributed by atoms with van der Waals surface area (Å²) in [6.45, 7) is 3.33. The molecule has 1 aromatic carbocycles. The van der Waals surface area contributed by atoms with E-state index in [1.807, 2.05) is 31.2 Å². The average Bonchev–Trinajstić information content (AvgIpc) is 2.77. The molecular formula is C22H22N4O3. The van der Waals surface area contributed by atoms with E-state index in [4.69, 9.17) is 4.74 Å². The van der Waals surface area contributed by atoms with E-state index in [1.54, 1.807) is 29.4 Å². The normalized spacial score (nSPS) is 13.1. The van der Waals surface area contributed by atoms with E-state index in [1.165, 1.54) is 0 Å². The Morgan fingerprint density at radius 2 is 2.10 bits per heavy atom. The quantitative estimate of drug-likeness (QED) is 0.724. The Bertz CT molecular complexity index is 1080. The molecule has 3 heterocycles. The van der Waals surface area contributed by atoms with Gasteiger partial charge in [-0.2, -0.15) is 0 Å². The van der Waals surface area contributed by atoms with E-state index in [0.29, 0.717) is 48.0 Å². The minimum absolute atomic E-state index is 0.118. The predicted octanol–water partition coefficient (Wildman–Crippen LogP) is 2.82. The fraction of sp³-hybridized carbons (Fsp3) is 0.273. The van der Waals surface area contributed by atoms with Gasteiger partial charge in [-0.3, -0.25) is 14.6 Å². The Labute approximate surface area is 168 Å². The van der Waals surface area contributed by atoms with Gasteiger partial charge < -0.3 is 14.6 Å². The first-order chi connectivity index (χ1) is 14.2. The third-order valence-corrected chi connectivity index (χ3v) is 4.87. The highest BCUT2D eigenvalue weighted by molar-refractivity contribution is 5.97. The Morgan fingerprint density at radius 3 is 2.90 bits per heavy atom. The zero-order valence-corrected chi connectivity index (χ0v) is 16.2. The van der Waals surface area contributed by atoms with Crippen LogP contribution in [0.15, 0.2) is 53.6 Å². The minimum atomic E-state index is -0.160. The van der Waals surface area contributed by atoms with Crippen molar-refractivity contribution in [1.29, 1.82) is 0 Å². The highest BCUT2D eigenvalue weighted by atomic mass is 16.5. The van der Waals surface area contributed by atoms with Gasteiger partial charge in [0.2, 0.25) is 0 Å². The molecule has 0 fully saturated rings. The molecule has 1 N–H and O–H groups in total. The lowest BCUT2D eigenvalue weighted by Crippen LogP contribution is -2.39. The molecule has 0 aliphatic carbocycles. The van der Waals surface area contributed by atoms with Crippen molar-refractivity contribution < 1.29 is 9.53 Å². The summed E-state index contributed by atoms with van der Waals surface area (Å²) in [6, 6.07) is 10.9. The number of ether oxygens (including phenoxy) is 1. The minimum Gasteiger partial charge on any atom is -0.493 e. The summed E-state index contributed by atoms with van der Waals surface area (Å²) >= 11 is 0. The molecule has 3 aromatic rings. The second kappa shape index (κ2) is 8.26. The van der Waals surface area contributed by atoms with Gasteiger partial charge in [0.1, 0.15) is 11.6 Å². The Balaban J connectivity index is 1.63. The van der Waals surface area contributed by atoms with Gasteiger partial charge >= 0.3 is 0 Å². The molecule has 2 aromatic heterocycles. The summed E-state index contributed by atoms with van der Waals surface area (Å²) < 4.78 is 5.74. The van der Waals surface area contributed by atoms with Crippen LogP contribution in [0.2, 0.25) is 0 Å². The van der Waals surface area contributed by atoms with Crippen molar-refractivity contribution in [2.24, 2.45) is 0 Å². The molecule has 1 aliphatic rings. The monoisotopic (exact) mass is 390 g/mol. The van der Waals surface area contributed by atoms with Crippen molar-refractivity contribution in [3.05, 3.63) is 76.0 Å². The van der Waals surface area contributed by atoms with Crippen LogP contribution >= 0.6 is 0 Å². The molecule has 148 valence electrons. The van der Waals surface area contributed by atoms with Gasteiger partial charge in [0, 0.05) is 30.1 Å². The van der Waals surface area contributed by atoms with Crippen molar-refractivity contribution in [1.82, 2.24) is 19.9 Å². The third-order valence-electron chi connectivity index (χ3n) is 4.87. The van der Waals surface area contributed by atoms with Crippen molar-refractivity contribution in [3.63, 3.8) is 0 Å². The Kier molecular flexibility index (Phi) is 5.37. The fourth-order valence-corrected chi connectivity index (χ4v) is 3.40. The van der Waals surface area contributed by atoms with Crippen LogP contribution in [0.4, 0.5) is 0 Å². The first-order valence-corrected chi connectivity index (χ1v) is 9.71. The number of nitrogens with zero attached hydrogens (tertiary/aromatic N) is 3. The van der Waals surface area contributed by atoms with Gasteiger partial charge in [-0.05, 0) is 37.1 Å². The van der Waals surface area contributed by atoms with Crippen LogP contribution in [-0.2, 0) is 13.0 Å². The number of fused-ring (bicyclic) bond motifs is 1. The number of hydrogen-bond acceptors (Lipinski definition) is 5. The molecule has 1 amide bonds. The van der Waals surface area contributed by atoms with Gasteiger partial charge in [0.05, 0.1) is 24.4 Å². The standard InChI is InChI=1S/C22H22N4O3/c1-2-12-29-19-8-4-3-7-17(19)22(28)26-11-9-16-18(14-26)24-20(25-21(16)27)15-6-5-10-23-13-15/h3-8,10,13H,2,9,11-12,14H2,1H3,(H,24,25,27). The predicted molar refractivity (Wildman–Crippen MR) is 109 cm³/mol. The van der Waals surface area contributed by atoms with E-state index in [2.05, 4.69) is 15.0 Å². The zero-order chi connectivity index (χ0) is 20.2. The number of H-pyrrole nitrogens is 1. The smallest absolute Gasteiger partial charge is 0.257 e. The molecule has 0 spiro atoms. The summed E-state index contributed by atoms with van der Waals surface area (Å²) in [6.07, 6.45) is 4.65. The highest BCUT2D eigenvalue weighted by Crippen LogP contribution is 2.24. The van der Waals surface area contributed by atoms with E-state index < -0.39 is 0 Å². The van der Waals surface area contributed by atoms with Crippen LogP contribution in [0.5, 0.6) is 5.75 Å². The number of amides is 1. The number of carbonyl (C=O) groups is 1. The van der Waals surface area contributed by atoms with Gasteiger partial charge in [-0.15, -0.1) is 0 Å². The molecule has 0 atom stereocenters. The zero-order valence-electron chi connectivity index (χ0n) is 16.2. The van der Waals surface area contributed by atoms with E-state index in [9.17, 15) is 9.59 Å². The first-order valence-electron chi connectivity index (χ1n) is 9.71. The number of pyridine rings is 1. The molecule has 0 unspecified atom stereocenters. The Hall–Kier alpha value is -3.48. The topological polar surface area (TPSA) is 88.2 Å². The average molecular weight is 390 g/mol. The highest BCUT2D eigenvalue weighted by Gasteiger charge is 2.27. The first kappa shape index (κ1) is 18.9. The lowest BCUT2D eigenvalue weighted by atomic mass is 10.0. The summed E-state index contributed by atoms with van der Waals surface area (Å²) in [5, 5.41) is 0. The fourth-order valence-electron chi connectivity index (χ4n) is 3.40. The van der Waals surface area contributed by atoms with Crippen LogP contribution in [0.25, 0.3) is 11.4 Å². The van der Waals surface area contributed by atoms with Gasteiger partial charge in [-0.1, -0.05) is 19.1 Å². The van der Waals surface area contributed by atoms with Crippen LogP contribution in [0.3, 0.4) is 0 Å². The van der Waals surface area contributed by atoms with Crippen LogP contribution in [0.1, 0.15) is 35.0 Å². The number of rotatable bonds is 5. The van der Waals surface area contributed by atoms with Gasteiger partial charge in [0.15, 0.2) is 0 Å². The summed E-state index contributed by atoms with van der Waals surface area (Å²) in [5.41, 5.74) is 2.36.